The van der Waals surface area contributed by atoms with E-state index in [0.717, 1.165) is 38.5 Å². The van der Waals surface area contributed by atoms with Crippen LogP contribution in [0.15, 0.2) is 10.6 Å². The molecule has 2 heterocycles. The molecule has 6 nitrogen and oxygen atoms in total. The van der Waals surface area contributed by atoms with E-state index in [1.54, 1.807) is 13.0 Å². The van der Waals surface area contributed by atoms with E-state index in [9.17, 15) is 9.59 Å². The quantitative estimate of drug-likeness (QED) is 0.840. The number of hydrogen-bond acceptors (Lipinski definition) is 4. The Hall–Kier alpha value is -1.85. The number of carbonyl (C=O) groups is 2. The second-order valence-electron chi connectivity index (χ2n) is 5.75. The molecular formula is C14H19N3O3. The summed E-state index contributed by atoms with van der Waals surface area (Å²) < 4.78 is 4.98. The number of carbonyl (C=O) groups excluding carboxylic acids is 2. The van der Waals surface area contributed by atoms with Crippen LogP contribution in [0, 0.1) is 6.92 Å². The Balaban J connectivity index is 1.79. The average Bonchev–Trinajstić information content (AvgIpc) is 2.80. The molecule has 1 aromatic heterocycles. The van der Waals surface area contributed by atoms with Crippen LogP contribution in [0.2, 0.25) is 0 Å². The number of amides is 3. The largest absolute Gasteiger partial charge is 0.361 e. The number of urea groups is 1. The van der Waals surface area contributed by atoms with Crippen LogP contribution >= 0.6 is 0 Å². The van der Waals surface area contributed by atoms with Crippen molar-refractivity contribution in [3.8, 4) is 0 Å². The Labute approximate surface area is 117 Å². The first kappa shape index (κ1) is 13.1. The molecule has 6 heteroatoms. The van der Waals surface area contributed by atoms with Gasteiger partial charge in [-0.1, -0.05) is 30.8 Å². The molecule has 0 aromatic carbocycles. The highest BCUT2D eigenvalue weighted by Gasteiger charge is 2.50. The van der Waals surface area contributed by atoms with Crippen LogP contribution in [-0.2, 0) is 11.3 Å². The monoisotopic (exact) mass is 277 g/mol. The Bertz CT molecular complexity index is 530. The summed E-state index contributed by atoms with van der Waals surface area (Å²) in [4.78, 5) is 26.0. The molecule has 2 aliphatic rings. The van der Waals surface area contributed by atoms with Gasteiger partial charge in [-0.2, -0.15) is 0 Å². The third kappa shape index (κ3) is 2.19. The van der Waals surface area contributed by atoms with E-state index in [-0.39, 0.29) is 18.5 Å². The van der Waals surface area contributed by atoms with E-state index in [1.165, 1.54) is 4.90 Å². The number of nitrogens with one attached hydrogen (secondary N) is 1. The number of aromatic nitrogens is 1. The van der Waals surface area contributed by atoms with Crippen LogP contribution in [0.1, 0.15) is 50.0 Å². The summed E-state index contributed by atoms with van der Waals surface area (Å²) in [5.41, 5.74) is -0.0662. The summed E-state index contributed by atoms with van der Waals surface area (Å²) in [5.74, 6) is 0.571. The van der Waals surface area contributed by atoms with Crippen molar-refractivity contribution < 1.29 is 14.1 Å². The zero-order chi connectivity index (χ0) is 14.2. The summed E-state index contributed by atoms with van der Waals surface area (Å²) in [7, 11) is 0. The molecule has 0 unspecified atom stereocenters. The van der Waals surface area contributed by atoms with Crippen molar-refractivity contribution >= 4 is 11.9 Å². The minimum Gasteiger partial charge on any atom is -0.361 e. The van der Waals surface area contributed by atoms with Crippen molar-refractivity contribution in [3.63, 3.8) is 0 Å². The molecule has 0 atom stereocenters. The minimum absolute atomic E-state index is 0.106. The van der Waals surface area contributed by atoms with Gasteiger partial charge >= 0.3 is 6.03 Å². The second-order valence-corrected chi connectivity index (χ2v) is 5.75. The predicted octanol–water partition coefficient (Wildman–Crippen LogP) is 2.13. The summed E-state index contributed by atoms with van der Waals surface area (Å²) in [6.07, 6.45) is 5.73. The molecule has 1 N–H and O–H groups in total. The number of hydrogen-bond donors (Lipinski definition) is 1. The normalized spacial score (nSPS) is 22.1. The first-order chi connectivity index (χ1) is 9.61. The molecule has 3 rings (SSSR count). The smallest absolute Gasteiger partial charge is 0.325 e. The molecule has 108 valence electrons. The molecule has 1 aromatic rings. The summed E-state index contributed by atoms with van der Waals surface area (Å²) >= 11 is 0. The summed E-state index contributed by atoms with van der Waals surface area (Å²) in [5, 5.41) is 6.77. The van der Waals surface area contributed by atoms with Gasteiger partial charge in [-0.15, -0.1) is 0 Å². The number of rotatable bonds is 2. The van der Waals surface area contributed by atoms with Crippen LogP contribution in [0.4, 0.5) is 4.79 Å². The number of imide groups is 1. The van der Waals surface area contributed by atoms with E-state index in [0.29, 0.717) is 11.5 Å². The van der Waals surface area contributed by atoms with Crippen molar-refractivity contribution in [2.75, 3.05) is 0 Å². The van der Waals surface area contributed by atoms with Crippen LogP contribution in [0.25, 0.3) is 0 Å². The molecule has 0 radical (unpaired) electrons. The Morgan fingerprint density at radius 3 is 2.60 bits per heavy atom. The van der Waals surface area contributed by atoms with E-state index in [4.69, 9.17) is 4.52 Å². The van der Waals surface area contributed by atoms with Crippen LogP contribution in [0.3, 0.4) is 0 Å². The lowest BCUT2D eigenvalue weighted by Gasteiger charge is -2.24. The van der Waals surface area contributed by atoms with Crippen molar-refractivity contribution in [2.45, 2.75) is 57.5 Å². The summed E-state index contributed by atoms with van der Waals surface area (Å²) in [6.45, 7) is 1.97. The first-order valence-electron chi connectivity index (χ1n) is 7.17. The van der Waals surface area contributed by atoms with Crippen molar-refractivity contribution in [2.24, 2.45) is 0 Å². The van der Waals surface area contributed by atoms with Gasteiger partial charge in [0.25, 0.3) is 5.91 Å². The van der Waals surface area contributed by atoms with E-state index >= 15 is 0 Å². The van der Waals surface area contributed by atoms with Gasteiger partial charge in [0.05, 0.1) is 6.54 Å². The SMILES string of the molecule is Cc1cc(CN2C(=O)NC3(CCCCCC3)C2=O)no1. The molecule has 0 bridgehead atoms. The zero-order valence-corrected chi connectivity index (χ0v) is 11.6. The highest BCUT2D eigenvalue weighted by Crippen LogP contribution is 2.33. The van der Waals surface area contributed by atoms with Gasteiger partial charge in [-0.3, -0.25) is 9.69 Å². The predicted molar refractivity (Wildman–Crippen MR) is 70.8 cm³/mol. The van der Waals surface area contributed by atoms with Gasteiger partial charge in [0.1, 0.15) is 17.0 Å². The maximum atomic E-state index is 12.6. The van der Waals surface area contributed by atoms with Gasteiger partial charge in [0, 0.05) is 6.07 Å². The van der Waals surface area contributed by atoms with Crippen molar-refractivity contribution in [1.82, 2.24) is 15.4 Å². The maximum absolute atomic E-state index is 12.6. The fourth-order valence-corrected chi connectivity index (χ4v) is 3.15. The topological polar surface area (TPSA) is 75.4 Å². The fourth-order valence-electron chi connectivity index (χ4n) is 3.15. The number of aryl methyl sites for hydroxylation is 1. The average molecular weight is 277 g/mol. The summed E-state index contributed by atoms with van der Waals surface area (Å²) in [6, 6.07) is 1.44. The van der Waals surface area contributed by atoms with Crippen LogP contribution < -0.4 is 5.32 Å². The van der Waals surface area contributed by atoms with Crippen LogP contribution in [-0.4, -0.2) is 27.5 Å². The highest BCUT2D eigenvalue weighted by atomic mass is 16.5. The van der Waals surface area contributed by atoms with Gasteiger partial charge in [-0.05, 0) is 19.8 Å². The molecule has 3 amide bonds. The molecular weight excluding hydrogens is 258 g/mol. The molecule has 1 aliphatic carbocycles. The second kappa shape index (κ2) is 4.92. The minimum atomic E-state index is -0.674. The maximum Gasteiger partial charge on any atom is 0.325 e. The lowest BCUT2D eigenvalue weighted by atomic mass is 9.90. The third-order valence-corrected chi connectivity index (χ3v) is 4.20. The molecule has 1 spiro atoms. The van der Waals surface area contributed by atoms with Crippen molar-refractivity contribution in [1.29, 1.82) is 0 Å². The standard InChI is InChI=1S/C14H19N3O3/c1-10-8-11(16-20-10)9-17-12(18)14(15-13(17)19)6-4-2-3-5-7-14/h8H,2-7,9H2,1H3,(H,15,19). The Morgan fingerprint density at radius 2 is 2.00 bits per heavy atom. The highest BCUT2D eigenvalue weighted by molar-refractivity contribution is 6.06. The number of nitrogens with zero attached hydrogens (tertiary/aromatic N) is 2. The Morgan fingerprint density at radius 1 is 1.30 bits per heavy atom. The van der Waals surface area contributed by atoms with Gasteiger partial charge in [0.2, 0.25) is 0 Å². The molecule has 1 aliphatic heterocycles. The van der Waals surface area contributed by atoms with Gasteiger partial charge in [0.15, 0.2) is 0 Å². The van der Waals surface area contributed by atoms with Crippen molar-refractivity contribution in [3.05, 3.63) is 17.5 Å². The molecule has 1 saturated carbocycles. The molecule has 2 fully saturated rings. The molecule has 1 saturated heterocycles. The van der Waals surface area contributed by atoms with Gasteiger partial charge < -0.3 is 9.84 Å². The third-order valence-electron chi connectivity index (χ3n) is 4.20. The van der Waals surface area contributed by atoms with Crippen LogP contribution in [0.5, 0.6) is 0 Å². The lowest BCUT2D eigenvalue weighted by Crippen LogP contribution is -2.46. The fraction of sp³-hybridized carbons (Fsp3) is 0.643. The first-order valence-corrected chi connectivity index (χ1v) is 7.17. The van der Waals surface area contributed by atoms with E-state index in [1.807, 2.05) is 0 Å². The van der Waals surface area contributed by atoms with Gasteiger partial charge in [-0.25, -0.2) is 4.79 Å². The molecule has 20 heavy (non-hydrogen) atoms. The van der Waals surface area contributed by atoms with E-state index < -0.39 is 5.54 Å². The lowest BCUT2D eigenvalue weighted by molar-refractivity contribution is -0.132. The zero-order valence-electron chi connectivity index (χ0n) is 11.6. The van der Waals surface area contributed by atoms with E-state index in [2.05, 4.69) is 10.5 Å². The Kier molecular flexibility index (Phi) is 3.23.